The lowest BCUT2D eigenvalue weighted by Gasteiger charge is -2.33. The Morgan fingerprint density at radius 1 is 1.06 bits per heavy atom. The number of rotatable bonds is 19. The molecule has 0 unspecified atom stereocenters. The maximum Gasteiger partial charge on any atom is 0.250 e. The Morgan fingerprint density at radius 3 is 2.30 bits per heavy atom. The van der Waals surface area contributed by atoms with E-state index in [0.717, 1.165) is 42.0 Å². The topological polar surface area (TPSA) is 139 Å². The molecule has 2 fully saturated rings. The number of nitrogens with one attached hydrogen (secondary N) is 2. The molecular formula is C37H58F2N4O6S. The van der Waals surface area contributed by atoms with Crippen LogP contribution in [0.2, 0.25) is 0 Å². The molecule has 2 aliphatic rings. The number of benzene rings is 1. The van der Waals surface area contributed by atoms with Gasteiger partial charge in [-0.3, -0.25) is 9.59 Å². The van der Waals surface area contributed by atoms with Crippen molar-refractivity contribution in [2.45, 2.75) is 115 Å². The molecular weight excluding hydrogens is 666 g/mol. The number of halogens is 2. The Labute approximate surface area is 297 Å². The molecule has 5 atom stereocenters. The maximum atomic E-state index is 13.9. The summed E-state index contributed by atoms with van der Waals surface area (Å²) in [5, 5.41) is 27.6. The van der Waals surface area contributed by atoms with Gasteiger partial charge in [-0.2, -0.15) is 0 Å². The summed E-state index contributed by atoms with van der Waals surface area (Å²) in [5.74, 6) is -2.79. The average Bonchev–Trinajstić information content (AvgIpc) is 3.07. The summed E-state index contributed by atoms with van der Waals surface area (Å²) in [7, 11) is -2.58. The van der Waals surface area contributed by atoms with E-state index in [2.05, 4.69) is 16.6 Å². The third-order valence-electron chi connectivity index (χ3n) is 10.0. The van der Waals surface area contributed by atoms with E-state index in [1.807, 2.05) is 19.9 Å². The monoisotopic (exact) mass is 724 g/mol. The van der Waals surface area contributed by atoms with Gasteiger partial charge in [0, 0.05) is 52.5 Å². The first-order valence-electron chi connectivity index (χ1n) is 18.1. The highest BCUT2D eigenvalue weighted by Crippen LogP contribution is 2.29. The van der Waals surface area contributed by atoms with Gasteiger partial charge in [0.15, 0.2) is 0 Å². The molecule has 1 aromatic rings. The van der Waals surface area contributed by atoms with Crippen molar-refractivity contribution < 1.29 is 37.0 Å². The van der Waals surface area contributed by atoms with Crippen LogP contribution in [0.25, 0.3) is 0 Å². The zero-order valence-corrected chi connectivity index (χ0v) is 30.7. The lowest BCUT2D eigenvalue weighted by atomic mass is 9.82. The Morgan fingerprint density at radius 2 is 1.70 bits per heavy atom. The minimum absolute atomic E-state index is 0.0725. The van der Waals surface area contributed by atoms with Gasteiger partial charge in [0.2, 0.25) is 21.8 Å². The largest absolute Gasteiger partial charge is 0.390 e. The summed E-state index contributed by atoms with van der Waals surface area (Å²) in [6.45, 7) is 4.58. The fourth-order valence-electron chi connectivity index (χ4n) is 6.89. The van der Waals surface area contributed by atoms with Gasteiger partial charge in [0.1, 0.15) is 12.1 Å². The molecule has 2 amide bonds. The summed E-state index contributed by atoms with van der Waals surface area (Å²) in [4.78, 5) is 29.4. The second-order valence-electron chi connectivity index (χ2n) is 14.7. The van der Waals surface area contributed by atoms with Crippen molar-refractivity contribution in [3.8, 4) is 12.3 Å². The molecule has 0 bridgehead atoms. The van der Waals surface area contributed by atoms with Crippen LogP contribution in [0.15, 0.2) is 30.3 Å². The summed E-state index contributed by atoms with van der Waals surface area (Å²) >= 11 is 0. The highest BCUT2D eigenvalue weighted by Gasteiger charge is 2.36. The molecule has 1 aliphatic carbocycles. The highest BCUT2D eigenvalue weighted by molar-refractivity contribution is 7.89. The zero-order chi connectivity index (χ0) is 36.9. The van der Waals surface area contributed by atoms with E-state index >= 15 is 0 Å². The van der Waals surface area contributed by atoms with Gasteiger partial charge in [-0.15, -0.1) is 12.3 Å². The number of alkyl halides is 2. The van der Waals surface area contributed by atoms with Crippen molar-refractivity contribution in [1.29, 1.82) is 0 Å². The SMILES string of the molecule is C#CC[C@H](NC(=O)[C@H](Cc1ccccc1)CS(=O)(=O)N(C)CCN1CCC(F)(F)CC1)C(=O)N[C@@H](CC1CCCCC1)[C@@H](O)[C@@H](O)CC(C)C. The van der Waals surface area contributed by atoms with Crippen LogP contribution in [0.4, 0.5) is 8.78 Å². The smallest absolute Gasteiger partial charge is 0.250 e. The lowest BCUT2D eigenvalue weighted by Crippen LogP contribution is -2.56. The maximum absolute atomic E-state index is 13.9. The quantitative estimate of drug-likeness (QED) is 0.160. The number of amides is 2. The second kappa shape index (κ2) is 19.8. The number of aliphatic hydroxyl groups excluding tert-OH is 2. The Bertz CT molecular complexity index is 1340. The fraction of sp³-hybridized carbons (Fsp3) is 0.730. The number of carbonyl (C=O) groups excluding carboxylic acids is 2. The fourth-order valence-corrected chi connectivity index (χ4v) is 8.28. The van der Waals surface area contributed by atoms with Gasteiger partial charge in [-0.25, -0.2) is 21.5 Å². The average molecular weight is 725 g/mol. The molecule has 0 spiro atoms. The van der Waals surface area contributed by atoms with E-state index in [0.29, 0.717) is 12.8 Å². The molecule has 1 saturated carbocycles. The van der Waals surface area contributed by atoms with Gasteiger partial charge in [0.25, 0.3) is 5.92 Å². The van der Waals surface area contributed by atoms with Crippen LogP contribution in [0.1, 0.15) is 83.6 Å². The van der Waals surface area contributed by atoms with Gasteiger partial charge in [-0.05, 0) is 36.7 Å². The molecule has 10 nitrogen and oxygen atoms in total. The number of hydrogen-bond donors (Lipinski definition) is 4. The zero-order valence-electron chi connectivity index (χ0n) is 29.9. The predicted molar refractivity (Wildman–Crippen MR) is 191 cm³/mol. The first kappa shape index (κ1) is 41.8. The van der Waals surface area contributed by atoms with Crippen LogP contribution >= 0.6 is 0 Å². The van der Waals surface area contributed by atoms with Gasteiger partial charge in [-0.1, -0.05) is 76.3 Å². The van der Waals surface area contributed by atoms with E-state index in [-0.39, 0.29) is 63.7 Å². The van der Waals surface area contributed by atoms with Crippen LogP contribution < -0.4 is 10.6 Å². The van der Waals surface area contributed by atoms with E-state index < -0.39 is 63.7 Å². The molecule has 4 N–H and O–H groups in total. The molecule has 13 heteroatoms. The summed E-state index contributed by atoms with van der Waals surface area (Å²) < 4.78 is 55.4. The number of sulfonamides is 1. The van der Waals surface area contributed by atoms with Crippen LogP contribution in [0.5, 0.6) is 0 Å². The lowest BCUT2D eigenvalue weighted by molar-refractivity contribution is -0.132. The predicted octanol–water partition coefficient (Wildman–Crippen LogP) is 3.57. The molecule has 1 heterocycles. The highest BCUT2D eigenvalue weighted by atomic mass is 32.2. The Kier molecular flexibility index (Phi) is 16.6. The number of piperidine rings is 1. The Hall–Kier alpha value is -2.63. The molecule has 1 aliphatic heterocycles. The van der Waals surface area contributed by atoms with Crippen LogP contribution in [-0.2, 0) is 26.0 Å². The van der Waals surface area contributed by atoms with E-state index in [1.54, 1.807) is 29.2 Å². The van der Waals surface area contributed by atoms with Crippen LogP contribution in [0, 0.1) is 30.1 Å². The molecule has 3 rings (SSSR count). The van der Waals surface area contributed by atoms with Crippen LogP contribution in [-0.4, -0.2) is 109 Å². The molecule has 0 radical (unpaired) electrons. The van der Waals surface area contributed by atoms with E-state index in [1.165, 1.54) is 7.05 Å². The standard InChI is InChI=1S/C37H58F2N4O6S/c1-5-12-31(36(47)41-32(25-29-15-10-7-11-16-29)34(45)33(44)23-27(2)3)40-35(46)30(24-28-13-8-6-9-14-28)26-50(48,49)42(4)21-22-43-19-17-37(38,39)18-20-43/h1,6,8-9,13-14,27,29-34,44-45H,7,10-12,15-26H2,2-4H3,(H,40,46)(H,41,47)/t30-,31+,32+,33+,34-/m1/s1. The summed E-state index contributed by atoms with van der Waals surface area (Å²) in [6, 6.07) is 6.98. The van der Waals surface area contributed by atoms with Gasteiger partial charge in [0.05, 0.1) is 23.8 Å². The minimum atomic E-state index is -3.99. The number of carbonyl (C=O) groups is 2. The summed E-state index contributed by atoms with van der Waals surface area (Å²) in [5.41, 5.74) is 0.729. The molecule has 1 aromatic carbocycles. The number of nitrogens with zero attached hydrogens (tertiary/aromatic N) is 2. The number of likely N-dealkylation sites (N-methyl/N-ethyl adjacent to an activating group) is 1. The minimum Gasteiger partial charge on any atom is -0.390 e. The van der Waals surface area contributed by atoms with E-state index in [4.69, 9.17) is 6.42 Å². The van der Waals surface area contributed by atoms with Crippen molar-refractivity contribution in [3.63, 3.8) is 0 Å². The van der Waals surface area contributed by atoms with Crippen LogP contribution in [0.3, 0.4) is 0 Å². The number of terminal acetylenes is 1. The van der Waals surface area contributed by atoms with Gasteiger partial charge >= 0.3 is 0 Å². The second-order valence-corrected chi connectivity index (χ2v) is 16.8. The number of hydrogen-bond acceptors (Lipinski definition) is 7. The molecule has 0 aromatic heterocycles. The van der Waals surface area contributed by atoms with E-state index in [9.17, 15) is 37.0 Å². The first-order chi connectivity index (χ1) is 23.6. The normalized spacial score (nSPS) is 20.4. The van der Waals surface area contributed by atoms with Gasteiger partial charge < -0.3 is 25.7 Å². The molecule has 1 saturated heterocycles. The van der Waals surface area contributed by atoms with Crippen molar-refractivity contribution in [3.05, 3.63) is 35.9 Å². The number of likely N-dealkylation sites (tertiary alicyclic amines) is 1. The number of aliphatic hydroxyl groups is 2. The van der Waals surface area contributed by atoms with Crippen molar-refractivity contribution in [2.75, 3.05) is 39.0 Å². The molecule has 50 heavy (non-hydrogen) atoms. The van der Waals surface area contributed by atoms with Crippen molar-refractivity contribution in [1.82, 2.24) is 19.8 Å². The third kappa shape index (κ3) is 13.8. The summed E-state index contributed by atoms with van der Waals surface area (Å²) in [6.07, 6.45) is 8.70. The molecule has 282 valence electrons. The Balaban J connectivity index is 1.74. The van der Waals surface area contributed by atoms with Crippen molar-refractivity contribution >= 4 is 21.8 Å². The third-order valence-corrected chi connectivity index (χ3v) is 12.0. The first-order valence-corrected chi connectivity index (χ1v) is 19.7. The van der Waals surface area contributed by atoms with Crippen molar-refractivity contribution in [2.24, 2.45) is 17.8 Å².